The highest BCUT2D eigenvalue weighted by Crippen LogP contribution is 2.29. The van der Waals surface area contributed by atoms with Gasteiger partial charge in [-0.15, -0.1) is 0 Å². The zero-order valence-corrected chi connectivity index (χ0v) is 13.3. The fraction of sp³-hybridized carbons (Fsp3) is 0.667. The van der Waals surface area contributed by atoms with Gasteiger partial charge in [-0.2, -0.15) is 0 Å². The molecule has 1 unspecified atom stereocenters. The minimum atomic E-state index is -0.402. The van der Waals surface area contributed by atoms with Crippen LogP contribution in [-0.2, 0) is 0 Å². The molecule has 2 heteroatoms. The summed E-state index contributed by atoms with van der Waals surface area (Å²) in [6.45, 7) is 4.28. The number of methoxy groups -OCH3 is 1. The Labute approximate surface area is 124 Å². The van der Waals surface area contributed by atoms with Gasteiger partial charge >= 0.3 is 0 Å². The lowest BCUT2D eigenvalue weighted by Crippen LogP contribution is -2.01. The number of rotatable bonds is 10. The number of hydrogen-bond acceptors (Lipinski definition) is 2. The molecule has 0 saturated heterocycles. The lowest BCUT2D eigenvalue weighted by atomic mass is 10.00. The highest BCUT2D eigenvalue weighted by molar-refractivity contribution is 5.38. The van der Waals surface area contributed by atoms with Crippen molar-refractivity contribution in [3.8, 4) is 5.75 Å². The van der Waals surface area contributed by atoms with E-state index in [1.165, 1.54) is 38.5 Å². The van der Waals surface area contributed by atoms with Gasteiger partial charge in [-0.3, -0.25) is 0 Å². The van der Waals surface area contributed by atoms with Crippen LogP contribution in [0.3, 0.4) is 0 Å². The smallest absolute Gasteiger partial charge is 0.124 e. The first-order valence-corrected chi connectivity index (χ1v) is 8.01. The molecule has 1 N–H and O–H groups in total. The van der Waals surface area contributed by atoms with Gasteiger partial charge in [-0.05, 0) is 25.0 Å². The van der Waals surface area contributed by atoms with Gasteiger partial charge in [-0.25, -0.2) is 0 Å². The second kappa shape index (κ2) is 9.82. The summed E-state index contributed by atoms with van der Waals surface area (Å²) < 4.78 is 5.36. The van der Waals surface area contributed by atoms with Crippen LogP contribution in [0.1, 0.15) is 75.5 Å². The molecule has 0 spiro atoms. The minimum Gasteiger partial charge on any atom is -0.496 e. The van der Waals surface area contributed by atoms with Crippen molar-refractivity contribution in [3.05, 3.63) is 29.3 Å². The minimum absolute atomic E-state index is 0.402. The molecular weight excluding hydrogens is 248 g/mol. The van der Waals surface area contributed by atoms with Gasteiger partial charge in [0.25, 0.3) is 0 Å². The number of aryl methyl sites for hydroxylation is 1. The Balaban J connectivity index is 2.30. The monoisotopic (exact) mass is 278 g/mol. The van der Waals surface area contributed by atoms with Crippen LogP contribution >= 0.6 is 0 Å². The summed E-state index contributed by atoms with van der Waals surface area (Å²) in [6.07, 6.45) is 9.35. The van der Waals surface area contributed by atoms with Gasteiger partial charge in [0.2, 0.25) is 0 Å². The van der Waals surface area contributed by atoms with E-state index in [0.717, 1.165) is 29.7 Å². The Morgan fingerprint density at radius 1 is 1.05 bits per heavy atom. The van der Waals surface area contributed by atoms with E-state index in [-0.39, 0.29) is 0 Å². The van der Waals surface area contributed by atoms with Crippen molar-refractivity contribution in [2.45, 2.75) is 71.3 Å². The third-order valence-corrected chi connectivity index (χ3v) is 3.83. The van der Waals surface area contributed by atoms with Gasteiger partial charge < -0.3 is 9.84 Å². The van der Waals surface area contributed by atoms with Crippen LogP contribution in [-0.4, -0.2) is 12.2 Å². The summed E-state index contributed by atoms with van der Waals surface area (Å²) in [5, 5.41) is 10.3. The maximum Gasteiger partial charge on any atom is 0.124 e. The maximum absolute atomic E-state index is 10.3. The number of aliphatic hydroxyl groups is 1. The van der Waals surface area contributed by atoms with E-state index in [9.17, 15) is 5.11 Å². The second-order valence-corrected chi connectivity index (χ2v) is 5.67. The molecule has 0 aliphatic carbocycles. The number of unbranched alkanes of at least 4 members (excludes halogenated alkanes) is 6. The molecule has 114 valence electrons. The van der Waals surface area contributed by atoms with Crippen LogP contribution in [0.4, 0.5) is 0 Å². The summed E-state index contributed by atoms with van der Waals surface area (Å²) >= 11 is 0. The van der Waals surface area contributed by atoms with Crippen LogP contribution in [0.2, 0.25) is 0 Å². The number of ether oxygens (including phenoxy) is 1. The molecule has 20 heavy (non-hydrogen) atoms. The third-order valence-electron chi connectivity index (χ3n) is 3.83. The lowest BCUT2D eigenvalue weighted by Gasteiger charge is -2.15. The Morgan fingerprint density at radius 2 is 1.70 bits per heavy atom. The molecule has 0 aromatic heterocycles. The van der Waals surface area contributed by atoms with E-state index in [1.54, 1.807) is 7.11 Å². The average Bonchev–Trinajstić information content (AvgIpc) is 2.45. The first-order chi connectivity index (χ1) is 9.69. The van der Waals surface area contributed by atoms with Crippen molar-refractivity contribution < 1.29 is 9.84 Å². The molecule has 0 saturated carbocycles. The highest BCUT2D eigenvalue weighted by atomic mass is 16.5. The summed E-state index contributed by atoms with van der Waals surface area (Å²) in [5.41, 5.74) is 2.08. The second-order valence-electron chi connectivity index (χ2n) is 5.67. The molecule has 0 aliphatic rings. The largest absolute Gasteiger partial charge is 0.496 e. The Hall–Kier alpha value is -1.02. The zero-order valence-electron chi connectivity index (χ0n) is 13.3. The van der Waals surface area contributed by atoms with Gasteiger partial charge in [0.15, 0.2) is 0 Å². The molecular formula is C18H30O2. The van der Waals surface area contributed by atoms with Crippen LogP contribution in [0, 0.1) is 6.92 Å². The van der Waals surface area contributed by atoms with Crippen molar-refractivity contribution in [2.75, 3.05) is 7.11 Å². The lowest BCUT2D eigenvalue weighted by molar-refractivity contribution is 0.159. The third kappa shape index (κ3) is 5.96. The van der Waals surface area contributed by atoms with E-state index >= 15 is 0 Å². The molecule has 0 aliphatic heterocycles. The van der Waals surface area contributed by atoms with Crippen LogP contribution < -0.4 is 4.74 Å². The quantitative estimate of drug-likeness (QED) is 0.598. The fourth-order valence-electron chi connectivity index (χ4n) is 2.54. The predicted octanol–water partition coefficient (Wildman–Crippen LogP) is 5.18. The molecule has 0 radical (unpaired) electrons. The molecule has 1 atom stereocenters. The fourth-order valence-corrected chi connectivity index (χ4v) is 2.54. The molecule has 0 fully saturated rings. The highest BCUT2D eigenvalue weighted by Gasteiger charge is 2.12. The summed E-state index contributed by atoms with van der Waals surface area (Å²) in [5.74, 6) is 0.806. The maximum atomic E-state index is 10.3. The molecule has 1 aromatic rings. The Bertz CT molecular complexity index is 374. The number of benzene rings is 1. The topological polar surface area (TPSA) is 29.5 Å². The Kier molecular flexibility index (Phi) is 8.36. The molecule has 1 rings (SSSR count). The van der Waals surface area contributed by atoms with E-state index < -0.39 is 6.10 Å². The van der Waals surface area contributed by atoms with Crippen molar-refractivity contribution >= 4 is 0 Å². The van der Waals surface area contributed by atoms with Crippen molar-refractivity contribution in [1.82, 2.24) is 0 Å². The summed E-state index contributed by atoms with van der Waals surface area (Å²) in [7, 11) is 1.67. The van der Waals surface area contributed by atoms with Gasteiger partial charge in [0.1, 0.15) is 5.75 Å². The number of hydrogen-bond donors (Lipinski definition) is 1. The summed E-state index contributed by atoms with van der Waals surface area (Å²) in [6, 6.07) is 6.01. The van der Waals surface area contributed by atoms with E-state index in [4.69, 9.17) is 4.74 Å². The molecule has 0 heterocycles. The predicted molar refractivity (Wildman–Crippen MR) is 85.3 cm³/mol. The zero-order chi connectivity index (χ0) is 14.8. The van der Waals surface area contributed by atoms with Crippen LogP contribution in [0.5, 0.6) is 5.75 Å². The first kappa shape index (κ1) is 17.0. The van der Waals surface area contributed by atoms with Crippen molar-refractivity contribution in [2.24, 2.45) is 0 Å². The SMILES string of the molecule is CCCCCCCCCC(O)c1ccc(C)cc1OC. The first-order valence-electron chi connectivity index (χ1n) is 8.01. The van der Waals surface area contributed by atoms with Crippen molar-refractivity contribution in [3.63, 3.8) is 0 Å². The average molecular weight is 278 g/mol. The van der Waals surface area contributed by atoms with Crippen molar-refractivity contribution in [1.29, 1.82) is 0 Å². The van der Waals surface area contributed by atoms with E-state index in [0.29, 0.717) is 0 Å². The molecule has 0 amide bonds. The van der Waals surface area contributed by atoms with E-state index in [2.05, 4.69) is 6.92 Å². The standard InChI is InChI=1S/C18H30O2/c1-4-5-6-7-8-9-10-11-17(19)16-13-12-15(2)14-18(16)20-3/h12-14,17,19H,4-11H2,1-3H3. The summed E-state index contributed by atoms with van der Waals surface area (Å²) in [4.78, 5) is 0. The van der Waals surface area contributed by atoms with E-state index in [1.807, 2.05) is 25.1 Å². The number of aliphatic hydroxyl groups excluding tert-OH is 1. The molecule has 2 nitrogen and oxygen atoms in total. The van der Waals surface area contributed by atoms with Gasteiger partial charge in [0, 0.05) is 5.56 Å². The van der Waals surface area contributed by atoms with Gasteiger partial charge in [-0.1, -0.05) is 64.0 Å². The van der Waals surface area contributed by atoms with Gasteiger partial charge in [0.05, 0.1) is 13.2 Å². The molecule has 1 aromatic carbocycles. The Morgan fingerprint density at radius 3 is 2.35 bits per heavy atom. The van der Waals surface area contributed by atoms with Crippen LogP contribution in [0.15, 0.2) is 18.2 Å². The van der Waals surface area contributed by atoms with Crippen LogP contribution in [0.25, 0.3) is 0 Å². The normalized spacial score (nSPS) is 12.4. The molecule has 0 bridgehead atoms.